The van der Waals surface area contributed by atoms with E-state index in [4.69, 9.17) is 4.74 Å². The Kier molecular flexibility index (Phi) is 4.56. The standard InChI is InChI=1S/C14H20BrNO2S/c1-14(2,3)18-13(17)16-8-6-10(7-9-16)11-4-5-12(15)19-11/h4-5,10H,6-9H2,1-3H3. The minimum Gasteiger partial charge on any atom is -0.444 e. The van der Waals surface area contributed by atoms with Gasteiger partial charge in [-0.2, -0.15) is 0 Å². The normalized spacial score (nSPS) is 17.6. The summed E-state index contributed by atoms with van der Waals surface area (Å²) in [5.74, 6) is 0.579. The third-order valence-corrected chi connectivity index (χ3v) is 4.93. The molecule has 2 rings (SSSR count). The molecule has 0 atom stereocenters. The van der Waals surface area contributed by atoms with Crippen LogP contribution in [0.25, 0.3) is 0 Å². The fraction of sp³-hybridized carbons (Fsp3) is 0.643. The summed E-state index contributed by atoms with van der Waals surface area (Å²) < 4.78 is 6.58. The van der Waals surface area contributed by atoms with Crippen LogP contribution in [0.4, 0.5) is 4.79 Å². The number of carbonyl (C=O) groups excluding carboxylic acids is 1. The molecule has 0 saturated carbocycles. The van der Waals surface area contributed by atoms with Crippen LogP contribution in [0, 0.1) is 0 Å². The number of nitrogens with zero attached hydrogens (tertiary/aromatic N) is 1. The summed E-state index contributed by atoms with van der Waals surface area (Å²) in [7, 11) is 0. The molecule has 0 aromatic carbocycles. The van der Waals surface area contributed by atoms with Crippen LogP contribution in [0.5, 0.6) is 0 Å². The van der Waals surface area contributed by atoms with E-state index < -0.39 is 5.60 Å². The van der Waals surface area contributed by atoms with Crippen molar-refractivity contribution in [3.63, 3.8) is 0 Å². The second-order valence-corrected chi connectivity index (χ2v) is 8.38. The van der Waals surface area contributed by atoms with E-state index >= 15 is 0 Å². The molecular weight excluding hydrogens is 326 g/mol. The molecule has 3 nitrogen and oxygen atoms in total. The Morgan fingerprint density at radius 2 is 2.00 bits per heavy atom. The minimum atomic E-state index is -0.410. The molecule has 1 aromatic heterocycles. The Morgan fingerprint density at radius 3 is 2.47 bits per heavy atom. The van der Waals surface area contributed by atoms with E-state index in [9.17, 15) is 4.79 Å². The van der Waals surface area contributed by atoms with Gasteiger partial charge in [-0.3, -0.25) is 0 Å². The number of thiophene rings is 1. The molecule has 1 amide bonds. The first-order valence-electron chi connectivity index (χ1n) is 6.58. The number of piperidine rings is 1. The van der Waals surface area contributed by atoms with Crippen molar-refractivity contribution in [3.05, 3.63) is 20.8 Å². The van der Waals surface area contributed by atoms with Gasteiger partial charge in [0.25, 0.3) is 0 Å². The summed E-state index contributed by atoms with van der Waals surface area (Å²) in [6.45, 7) is 7.28. The van der Waals surface area contributed by atoms with Gasteiger partial charge in [0.15, 0.2) is 0 Å². The van der Waals surface area contributed by atoms with Crippen LogP contribution in [-0.2, 0) is 4.74 Å². The Hall–Kier alpha value is -0.550. The Balaban J connectivity index is 1.87. The van der Waals surface area contributed by atoms with Gasteiger partial charge in [0, 0.05) is 18.0 Å². The largest absolute Gasteiger partial charge is 0.444 e. The quantitative estimate of drug-likeness (QED) is 0.742. The highest BCUT2D eigenvalue weighted by Gasteiger charge is 2.27. The molecule has 106 valence electrons. The molecule has 0 spiro atoms. The van der Waals surface area contributed by atoms with E-state index in [0.717, 1.165) is 25.9 Å². The van der Waals surface area contributed by atoms with Crippen LogP contribution in [-0.4, -0.2) is 29.7 Å². The predicted molar refractivity (Wildman–Crippen MR) is 81.8 cm³/mol. The van der Waals surface area contributed by atoms with E-state index in [-0.39, 0.29) is 6.09 Å². The molecule has 1 fully saturated rings. The van der Waals surface area contributed by atoms with Crippen LogP contribution in [0.2, 0.25) is 0 Å². The molecule has 5 heteroatoms. The molecule has 1 saturated heterocycles. The lowest BCUT2D eigenvalue weighted by Gasteiger charge is -2.33. The van der Waals surface area contributed by atoms with Crippen molar-refractivity contribution >= 4 is 33.4 Å². The number of hydrogen-bond acceptors (Lipinski definition) is 3. The zero-order valence-corrected chi connectivity index (χ0v) is 14.0. The molecule has 0 N–H and O–H groups in total. The highest BCUT2D eigenvalue weighted by Crippen LogP contribution is 2.35. The van der Waals surface area contributed by atoms with Gasteiger partial charge in [-0.15, -0.1) is 11.3 Å². The molecular formula is C14H20BrNO2S. The fourth-order valence-corrected chi connectivity index (χ4v) is 3.81. The number of carbonyl (C=O) groups is 1. The molecule has 0 unspecified atom stereocenters. The summed E-state index contributed by atoms with van der Waals surface area (Å²) in [4.78, 5) is 15.2. The maximum absolute atomic E-state index is 12.0. The lowest BCUT2D eigenvalue weighted by molar-refractivity contribution is 0.0205. The van der Waals surface area contributed by atoms with Crippen LogP contribution in [0.15, 0.2) is 15.9 Å². The van der Waals surface area contributed by atoms with Crippen molar-refractivity contribution in [2.75, 3.05) is 13.1 Å². The second kappa shape index (κ2) is 5.83. The summed E-state index contributed by atoms with van der Waals surface area (Å²) in [5.41, 5.74) is -0.410. The lowest BCUT2D eigenvalue weighted by atomic mass is 9.95. The number of likely N-dealkylation sites (tertiary alicyclic amines) is 1. The van der Waals surface area contributed by atoms with Crippen molar-refractivity contribution in [3.8, 4) is 0 Å². The topological polar surface area (TPSA) is 29.5 Å². The summed E-state index contributed by atoms with van der Waals surface area (Å²) in [5, 5.41) is 0. The monoisotopic (exact) mass is 345 g/mol. The van der Waals surface area contributed by atoms with Crippen molar-refractivity contribution in [2.45, 2.75) is 45.1 Å². The van der Waals surface area contributed by atoms with E-state index in [1.54, 1.807) is 11.3 Å². The van der Waals surface area contributed by atoms with E-state index in [1.807, 2.05) is 25.7 Å². The second-order valence-electron chi connectivity index (χ2n) is 5.88. The predicted octanol–water partition coefficient (Wildman–Crippen LogP) is 4.63. The van der Waals surface area contributed by atoms with E-state index in [1.165, 1.54) is 8.66 Å². The van der Waals surface area contributed by atoms with Gasteiger partial charge in [0.05, 0.1) is 3.79 Å². The number of amides is 1. The van der Waals surface area contributed by atoms with Crippen molar-refractivity contribution < 1.29 is 9.53 Å². The zero-order chi connectivity index (χ0) is 14.0. The Morgan fingerprint density at radius 1 is 1.37 bits per heavy atom. The van der Waals surface area contributed by atoms with Crippen molar-refractivity contribution in [2.24, 2.45) is 0 Å². The molecule has 1 aliphatic heterocycles. The Bertz CT molecular complexity index is 445. The molecule has 2 heterocycles. The number of rotatable bonds is 1. The number of halogens is 1. The third kappa shape index (κ3) is 4.21. The van der Waals surface area contributed by atoms with Crippen LogP contribution in [0.1, 0.15) is 44.4 Å². The van der Waals surface area contributed by atoms with Crippen LogP contribution >= 0.6 is 27.3 Å². The molecule has 0 bridgehead atoms. The fourth-order valence-electron chi connectivity index (χ4n) is 2.22. The van der Waals surface area contributed by atoms with Gasteiger partial charge in [-0.05, 0) is 67.6 Å². The smallest absolute Gasteiger partial charge is 0.410 e. The lowest BCUT2D eigenvalue weighted by Crippen LogP contribution is -2.41. The van der Waals surface area contributed by atoms with Gasteiger partial charge in [-0.1, -0.05) is 0 Å². The average Bonchev–Trinajstić information content (AvgIpc) is 2.74. The maximum atomic E-state index is 12.0. The van der Waals surface area contributed by atoms with E-state index in [0.29, 0.717) is 5.92 Å². The van der Waals surface area contributed by atoms with Crippen molar-refractivity contribution in [1.29, 1.82) is 0 Å². The van der Waals surface area contributed by atoms with Gasteiger partial charge in [0.2, 0.25) is 0 Å². The van der Waals surface area contributed by atoms with Gasteiger partial charge in [-0.25, -0.2) is 4.79 Å². The highest BCUT2D eigenvalue weighted by atomic mass is 79.9. The molecule has 0 radical (unpaired) electrons. The third-order valence-electron chi connectivity index (χ3n) is 3.14. The highest BCUT2D eigenvalue weighted by molar-refractivity contribution is 9.11. The first kappa shape index (κ1) is 14.9. The molecule has 1 aliphatic rings. The van der Waals surface area contributed by atoms with Crippen LogP contribution < -0.4 is 0 Å². The van der Waals surface area contributed by atoms with E-state index in [2.05, 4.69) is 28.1 Å². The van der Waals surface area contributed by atoms with Gasteiger partial charge in [0.1, 0.15) is 5.60 Å². The molecule has 19 heavy (non-hydrogen) atoms. The number of hydrogen-bond donors (Lipinski definition) is 0. The molecule has 0 aliphatic carbocycles. The first-order valence-corrected chi connectivity index (χ1v) is 8.19. The SMILES string of the molecule is CC(C)(C)OC(=O)N1CCC(c2ccc(Br)s2)CC1. The van der Waals surface area contributed by atoms with Gasteiger partial charge < -0.3 is 9.64 Å². The van der Waals surface area contributed by atoms with Crippen LogP contribution in [0.3, 0.4) is 0 Å². The van der Waals surface area contributed by atoms with Gasteiger partial charge >= 0.3 is 6.09 Å². The minimum absolute atomic E-state index is 0.182. The average molecular weight is 346 g/mol. The summed E-state index contributed by atoms with van der Waals surface area (Å²) in [6.07, 6.45) is 1.86. The maximum Gasteiger partial charge on any atom is 0.410 e. The van der Waals surface area contributed by atoms with Crippen molar-refractivity contribution in [1.82, 2.24) is 4.90 Å². The zero-order valence-electron chi connectivity index (χ0n) is 11.6. The summed E-state index contributed by atoms with van der Waals surface area (Å²) in [6, 6.07) is 4.28. The number of ether oxygens (including phenoxy) is 1. The first-order chi connectivity index (χ1) is 8.85. The Labute approximate surface area is 127 Å². The summed E-state index contributed by atoms with van der Waals surface area (Å²) >= 11 is 5.30. The molecule has 1 aromatic rings.